The van der Waals surface area contributed by atoms with Gasteiger partial charge in [0.05, 0.1) is 10.6 Å². The lowest BCUT2D eigenvalue weighted by atomic mass is 10.1. The molecule has 2 aromatic rings. The van der Waals surface area contributed by atoms with E-state index < -0.39 is 17.9 Å². The molecular formula is C16H12Cl3NO3. The Kier molecular flexibility index (Phi) is 5.88. The SMILES string of the molecule is O=C(N[C@@H](Cc1ccc(Cl)cc1Cl)C(=O)O)c1ccccc1Cl. The van der Waals surface area contributed by atoms with Crippen LogP contribution in [0.1, 0.15) is 15.9 Å². The smallest absolute Gasteiger partial charge is 0.326 e. The predicted molar refractivity (Wildman–Crippen MR) is 90.5 cm³/mol. The number of carboxylic acids is 1. The molecule has 0 radical (unpaired) electrons. The van der Waals surface area contributed by atoms with E-state index in [0.717, 1.165) is 0 Å². The van der Waals surface area contributed by atoms with Crippen molar-refractivity contribution in [3.05, 3.63) is 68.7 Å². The molecular weight excluding hydrogens is 361 g/mol. The second kappa shape index (κ2) is 7.68. The summed E-state index contributed by atoms with van der Waals surface area (Å²) in [5.74, 6) is -1.73. The minimum Gasteiger partial charge on any atom is -0.480 e. The first-order chi connectivity index (χ1) is 10.9. The van der Waals surface area contributed by atoms with Gasteiger partial charge in [-0.25, -0.2) is 4.79 Å². The number of carboxylic acid groups (broad SMARTS) is 1. The zero-order chi connectivity index (χ0) is 17.0. The fraction of sp³-hybridized carbons (Fsp3) is 0.125. The largest absolute Gasteiger partial charge is 0.480 e. The molecule has 0 unspecified atom stereocenters. The van der Waals surface area contributed by atoms with Gasteiger partial charge in [0.2, 0.25) is 0 Å². The Morgan fingerprint density at radius 1 is 1.04 bits per heavy atom. The molecule has 0 aliphatic carbocycles. The predicted octanol–water partition coefficient (Wildman–Crippen LogP) is 4.07. The topological polar surface area (TPSA) is 66.4 Å². The zero-order valence-corrected chi connectivity index (χ0v) is 14.0. The molecule has 0 heterocycles. The average Bonchev–Trinajstić information content (AvgIpc) is 2.49. The van der Waals surface area contributed by atoms with Crippen molar-refractivity contribution in [3.8, 4) is 0 Å². The van der Waals surface area contributed by atoms with Crippen molar-refractivity contribution in [2.45, 2.75) is 12.5 Å². The number of carbonyl (C=O) groups excluding carboxylic acids is 1. The van der Waals surface area contributed by atoms with Crippen LogP contribution in [0.3, 0.4) is 0 Å². The van der Waals surface area contributed by atoms with Crippen molar-refractivity contribution in [2.24, 2.45) is 0 Å². The highest BCUT2D eigenvalue weighted by Crippen LogP contribution is 2.22. The summed E-state index contributed by atoms with van der Waals surface area (Å²) < 4.78 is 0. The summed E-state index contributed by atoms with van der Waals surface area (Å²) in [6.45, 7) is 0. The van der Waals surface area contributed by atoms with E-state index in [2.05, 4.69) is 5.32 Å². The highest BCUT2D eigenvalue weighted by atomic mass is 35.5. The van der Waals surface area contributed by atoms with E-state index in [-0.39, 0.29) is 17.0 Å². The molecule has 0 aromatic heterocycles. The summed E-state index contributed by atoms with van der Waals surface area (Å²) in [6.07, 6.45) is 0.0293. The van der Waals surface area contributed by atoms with Gasteiger partial charge < -0.3 is 10.4 Å². The maximum Gasteiger partial charge on any atom is 0.326 e. The van der Waals surface area contributed by atoms with Gasteiger partial charge in [0, 0.05) is 16.5 Å². The lowest BCUT2D eigenvalue weighted by molar-refractivity contribution is -0.139. The summed E-state index contributed by atoms with van der Waals surface area (Å²) in [5.41, 5.74) is 0.783. The number of aliphatic carboxylic acids is 1. The Hall–Kier alpha value is -1.75. The van der Waals surface area contributed by atoms with Gasteiger partial charge in [-0.05, 0) is 29.8 Å². The lowest BCUT2D eigenvalue weighted by Crippen LogP contribution is -2.42. The first kappa shape index (κ1) is 17.6. The maximum atomic E-state index is 12.2. The normalized spacial score (nSPS) is 11.8. The van der Waals surface area contributed by atoms with Crippen LogP contribution >= 0.6 is 34.8 Å². The van der Waals surface area contributed by atoms with Crippen LogP contribution < -0.4 is 5.32 Å². The summed E-state index contributed by atoms with van der Waals surface area (Å²) >= 11 is 17.8. The molecule has 0 aliphatic rings. The van der Waals surface area contributed by atoms with Gasteiger partial charge in [-0.3, -0.25) is 4.79 Å². The summed E-state index contributed by atoms with van der Waals surface area (Å²) in [7, 11) is 0. The van der Waals surface area contributed by atoms with E-state index in [0.29, 0.717) is 15.6 Å². The molecule has 0 bridgehead atoms. The Labute approximate surface area is 148 Å². The highest BCUT2D eigenvalue weighted by molar-refractivity contribution is 6.35. The Morgan fingerprint density at radius 2 is 1.74 bits per heavy atom. The number of carbonyl (C=O) groups is 2. The number of hydrogen-bond acceptors (Lipinski definition) is 2. The van der Waals surface area contributed by atoms with Crippen LogP contribution in [0.25, 0.3) is 0 Å². The number of halogens is 3. The van der Waals surface area contributed by atoms with Gasteiger partial charge >= 0.3 is 5.97 Å². The molecule has 0 saturated heterocycles. The van der Waals surface area contributed by atoms with Gasteiger partial charge in [-0.15, -0.1) is 0 Å². The molecule has 0 fully saturated rings. The number of nitrogens with one attached hydrogen (secondary N) is 1. The van der Waals surface area contributed by atoms with E-state index >= 15 is 0 Å². The molecule has 1 amide bonds. The molecule has 120 valence electrons. The van der Waals surface area contributed by atoms with Gasteiger partial charge in [0.1, 0.15) is 6.04 Å². The first-order valence-corrected chi connectivity index (χ1v) is 7.74. The van der Waals surface area contributed by atoms with E-state index in [1.165, 1.54) is 12.1 Å². The molecule has 0 saturated carbocycles. The third kappa shape index (κ3) is 4.61. The molecule has 2 N–H and O–H groups in total. The molecule has 23 heavy (non-hydrogen) atoms. The lowest BCUT2D eigenvalue weighted by Gasteiger charge is -2.16. The molecule has 4 nitrogen and oxygen atoms in total. The van der Waals surface area contributed by atoms with Crippen LogP contribution in [0.15, 0.2) is 42.5 Å². The highest BCUT2D eigenvalue weighted by Gasteiger charge is 2.23. The summed E-state index contributed by atoms with van der Waals surface area (Å²) in [4.78, 5) is 23.6. The van der Waals surface area contributed by atoms with Crippen molar-refractivity contribution in [2.75, 3.05) is 0 Å². The second-order valence-corrected chi connectivity index (χ2v) is 6.03. The van der Waals surface area contributed by atoms with Crippen LogP contribution in [0.2, 0.25) is 15.1 Å². The Bertz CT molecular complexity index is 749. The van der Waals surface area contributed by atoms with Crippen LogP contribution in [-0.2, 0) is 11.2 Å². The third-order valence-corrected chi connectivity index (χ3v) is 4.08. The van der Waals surface area contributed by atoms with Crippen LogP contribution in [0.5, 0.6) is 0 Å². The molecule has 0 aliphatic heterocycles. The van der Waals surface area contributed by atoms with Gasteiger partial charge in [-0.1, -0.05) is 53.0 Å². The van der Waals surface area contributed by atoms with Crippen LogP contribution in [-0.4, -0.2) is 23.0 Å². The molecule has 0 spiro atoms. The second-order valence-electron chi connectivity index (χ2n) is 4.78. The van der Waals surface area contributed by atoms with E-state index in [9.17, 15) is 14.7 Å². The molecule has 7 heteroatoms. The van der Waals surface area contributed by atoms with Gasteiger partial charge in [0.25, 0.3) is 5.91 Å². The minimum absolute atomic E-state index is 0.0293. The number of amides is 1. The van der Waals surface area contributed by atoms with Crippen molar-refractivity contribution in [3.63, 3.8) is 0 Å². The fourth-order valence-electron chi connectivity index (χ4n) is 1.99. The van der Waals surface area contributed by atoms with Crippen LogP contribution in [0, 0.1) is 0 Å². The third-order valence-electron chi connectivity index (χ3n) is 3.16. The van der Waals surface area contributed by atoms with Crippen molar-refractivity contribution >= 4 is 46.7 Å². The van der Waals surface area contributed by atoms with E-state index in [1.807, 2.05) is 0 Å². The number of benzene rings is 2. The summed E-state index contributed by atoms with van der Waals surface area (Å²) in [6, 6.07) is 10.0. The number of hydrogen-bond donors (Lipinski definition) is 2. The molecule has 1 atom stereocenters. The standard InChI is InChI=1S/C16H12Cl3NO3/c17-10-6-5-9(13(19)8-10)7-14(16(22)23)20-15(21)11-3-1-2-4-12(11)18/h1-6,8,14H,7H2,(H,20,21)(H,22,23)/t14-/m0/s1. The zero-order valence-electron chi connectivity index (χ0n) is 11.7. The van der Waals surface area contributed by atoms with Crippen LogP contribution in [0.4, 0.5) is 0 Å². The van der Waals surface area contributed by atoms with E-state index in [1.54, 1.807) is 30.3 Å². The van der Waals surface area contributed by atoms with E-state index in [4.69, 9.17) is 34.8 Å². The van der Waals surface area contributed by atoms with Gasteiger partial charge in [0.15, 0.2) is 0 Å². The van der Waals surface area contributed by atoms with Crippen molar-refractivity contribution in [1.82, 2.24) is 5.32 Å². The monoisotopic (exact) mass is 371 g/mol. The molecule has 2 aromatic carbocycles. The maximum absolute atomic E-state index is 12.2. The minimum atomic E-state index is -1.17. The first-order valence-electron chi connectivity index (χ1n) is 6.60. The summed E-state index contributed by atoms with van der Waals surface area (Å²) in [5, 5.41) is 12.8. The van der Waals surface area contributed by atoms with Crippen molar-refractivity contribution in [1.29, 1.82) is 0 Å². The van der Waals surface area contributed by atoms with Gasteiger partial charge in [-0.2, -0.15) is 0 Å². The Morgan fingerprint density at radius 3 is 2.35 bits per heavy atom. The fourth-order valence-corrected chi connectivity index (χ4v) is 2.70. The quantitative estimate of drug-likeness (QED) is 0.831. The number of rotatable bonds is 5. The Balaban J connectivity index is 2.18. The average molecular weight is 373 g/mol. The van der Waals surface area contributed by atoms with Crippen molar-refractivity contribution < 1.29 is 14.7 Å². The molecule has 2 rings (SSSR count).